The molecule has 0 unspecified atom stereocenters. The zero-order chi connectivity index (χ0) is 21.3. The van der Waals surface area contributed by atoms with Crippen molar-refractivity contribution in [2.45, 2.75) is 71.3 Å². The van der Waals surface area contributed by atoms with Crippen LogP contribution in [0.3, 0.4) is 0 Å². The van der Waals surface area contributed by atoms with E-state index >= 15 is 0 Å². The van der Waals surface area contributed by atoms with Gasteiger partial charge in [-0.2, -0.15) is 0 Å². The van der Waals surface area contributed by atoms with Crippen molar-refractivity contribution in [2.24, 2.45) is 29.1 Å². The lowest BCUT2D eigenvalue weighted by atomic mass is 9.49. The first kappa shape index (κ1) is 22.0. The Bertz CT molecular complexity index is 615. The molecule has 4 fully saturated rings. The number of aliphatic hydroxyl groups is 1. The zero-order valence-electron chi connectivity index (χ0n) is 17.8. The molecule has 4 saturated carbocycles. The fourth-order valence-corrected chi connectivity index (χ4v) is 6.14. The van der Waals surface area contributed by atoms with Crippen LogP contribution >= 0.6 is 0 Å². The van der Waals surface area contributed by atoms with Crippen LogP contribution in [0, 0.1) is 29.1 Å². The fourth-order valence-electron chi connectivity index (χ4n) is 6.14. The Kier molecular flexibility index (Phi) is 6.53. The van der Waals surface area contributed by atoms with Gasteiger partial charge in [0, 0.05) is 13.6 Å². The second kappa shape index (κ2) is 8.60. The lowest BCUT2D eigenvalue weighted by Crippen LogP contribution is -2.58. The van der Waals surface area contributed by atoms with Crippen molar-refractivity contribution in [2.75, 3.05) is 13.6 Å². The molecule has 0 aliphatic heterocycles. The molecule has 0 heterocycles. The van der Waals surface area contributed by atoms with Gasteiger partial charge in [-0.25, -0.2) is 14.5 Å². The fraction of sp³-hybridized carbons (Fsp3) is 0.857. The third-order valence-electron chi connectivity index (χ3n) is 7.04. The molecular formula is C21H35N3O5. The lowest BCUT2D eigenvalue weighted by Gasteiger charge is -2.57. The molecule has 4 aliphatic carbocycles. The number of nitrogens with one attached hydrogen (secondary N) is 1. The second-order valence-electron chi connectivity index (χ2n) is 9.98. The standard InChI is InChI=1S/C21H35N3O5/c1-13(2)4-5-17(25)18(26)24(29)20(28)23(19(27)22-3)12-21-9-14-6-15(10-21)8-16(7-14)11-21/h13-17,25,29H,4-12H2,1-3H3,(H,22,27)/t14?,15?,16?,17-,21?/m0/s1. The third-order valence-corrected chi connectivity index (χ3v) is 7.04. The number of hydrogen-bond acceptors (Lipinski definition) is 5. The highest BCUT2D eigenvalue weighted by molar-refractivity contribution is 6.01. The lowest BCUT2D eigenvalue weighted by molar-refractivity contribution is -0.164. The quantitative estimate of drug-likeness (QED) is 0.461. The number of carbonyl (C=O) groups is 3. The largest absolute Gasteiger partial charge is 0.383 e. The van der Waals surface area contributed by atoms with Crippen LogP contribution in [-0.2, 0) is 4.79 Å². The van der Waals surface area contributed by atoms with Crippen LogP contribution in [0.5, 0.6) is 0 Å². The van der Waals surface area contributed by atoms with Gasteiger partial charge in [0.05, 0.1) is 0 Å². The molecule has 0 spiro atoms. The van der Waals surface area contributed by atoms with Gasteiger partial charge in [-0.05, 0) is 80.5 Å². The predicted octanol–water partition coefficient (Wildman–Crippen LogP) is 2.98. The van der Waals surface area contributed by atoms with Gasteiger partial charge in [0.25, 0.3) is 5.91 Å². The topological polar surface area (TPSA) is 110 Å². The molecule has 3 N–H and O–H groups in total. The number of hydrogen-bond donors (Lipinski definition) is 3. The van der Waals surface area contributed by atoms with Crippen LogP contribution in [0.4, 0.5) is 9.59 Å². The number of amides is 5. The van der Waals surface area contributed by atoms with Gasteiger partial charge in [-0.15, -0.1) is 5.06 Å². The summed E-state index contributed by atoms with van der Waals surface area (Å²) in [7, 11) is 1.42. The van der Waals surface area contributed by atoms with Gasteiger partial charge in [0.15, 0.2) is 0 Å². The molecule has 4 bridgehead atoms. The van der Waals surface area contributed by atoms with E-state index in [1.54, 1.807) is 0 Å². The molecule has 0 aromatic rings. The van der Waals surface area contributed by atoms with Gasteiger partial charge < -0.3 is 10.4 Å². The van der Waals surface area contributed by atoms with E-state index in [4.69, 9.17) is 0 Å². The van der Waals surface area contributed by atoms with Crippen LogP contribution in [-0.4, -0.2) is 57.9 Å². The van der Waals surface area contributed by atoms with Crippen molar-refractivity contribution >= 4 is 18.0 Å². The Morgan fingerprint density at radius 2 is 1.55 bits per heavy atom. The summed E-state index contributed by atoms with van der Waals surface area (Å²) in [6, 6.07) is -1.73. The van der Waals surface area contributed by atoms with Gasteiger partial charge in [0.2, 0.25) is 0 Å². The molecule has 164 valence electrons. The van der Waals surface area contributed by atoms with E-state index in [0.717, 1.165) is 24.2 Å². The Labute approximate surface area is 172 Å². The molecule has 1 atom stereocenters. The summed E-state index contributed by atoms with van der Waals surface area (Å²) in [5, 5.41) is 22.6. The maximum Gasteiger partial charge on any atom is 0.359 e. The van der Waals surface area contributed by atoms with Gasteiger partial charge in [0.1, 0.15) is 6.10 Å². The predicted molar refractivity (Wildman–Crippen MR) is 106 cm³/mol. The minimum atomic E-state index is -1.47. The smallest absolute Gasteiger partial charge is 0.359 e. The summed E-state index contributed by atoms with van der Waals surface area (Å²) < 4.78 is 0. The van der Waals surface area contributed by atoms with E-state index in [0.29, 0.717) is 24.2 Å². The molecule has 0 aromatic carbocycles. The summed E-state index contributed by atoms with van der Waals surface area (Å²) >= 11 is 0. The van der Waals surface area contributed by atoms with Gasteiger partial charge >= 0.3 is 12.1 Å². The highest BCUT2D eigenvalue weighted by Crippen LogP contribution is 2.60. The molecule has 5 amide bonds. The van der Waals surface area contributed by atoms with E-state index in [1.165, 1.54) is 26.3 Å². The van der Waals surface area contributed by atoms with E-state index < -0.39 is 24.1 Å². The first-order chi connectivity index (χ1) is 13.6. The van der Waals surface area contributed by atoms with Crippen LogP contribution in [0.1, 0.15) is 65.2 Å². The minimum absolute atomic E-state index is 0.0826. The van der Waals surface area contributed by atoms with Crippen LogP contribution in [0.2, 0.25) is 0 Å². The summed E-state index contributed by atoms with van der Waals surface area (Å²) in [5.41, 5.74) is -0.128. The van der Waals surface area contributed by atoms with Crippen molar-refractivity contribution in [1.82, 2.24) is 15.3 Å². The number of hydroxylamine groups is 2. The Hall–Kier alpha value is -1.67. The Balaban J connectivity index is 1.70. The highest BCUT2D eigenvalue weighted by atomic mass is 16.5. The summed E-state index contributed by atoms with van der Waals surface area (Å²) in [4.78, 5) is 38.6. The first-order valence-corrected chi connectivity index (χ1v) is 10.9. The van der Waals surface area contributed by atoms with Crippen LogP contribution in [0.15, 0.2) is 0 Å². The Morgan fingerprint density at radius 1 is 1.03 bits per heavy atom. The van der Waals surface area contributed by atoms with Crippen LogP contribution < -0.4 is 5.32 Å². The average Bonchev–Trinajstić information content (AvgIpc) is 2.66. The Morgan fingerprint density at radius 3 is 2.00 bits per heavy atom. The summed E-state index contributed by atoms with van der Waals surface area (Å²) in [6.07, 6.45) is 5.91. The number of rotatable bonds is 6. The molecular weight excluding hydrogens is 374 g/mol. The van der Waals surface area contributed by atoms with Gasteiger partial charge in [-0.1, -0.05) is 13.8 Å². The van der Waals surface area contributed by atoms with Crippen molar-refractivity contribution in [3.8, 4) is 0 Å². The number of carbonyl (C=O) groups excluding carboxylic acids is 3. The van der Waals surface area contributed by atoms with E-state index in [9.17, 15) is 24.7 Å². The van der Waals surface area contributed by atoms with Crippen molar-refractivity contribution < 1.29 is 24.7 Å². The van der Waals surface area contributed by atoms with Crippen molar-refractivity contribution in [3.05, 3.63) is 0 Å². The van der Waals surface area contributed by atoms with E-state index in [-0.39, 0.29) is 29.4 Å². The molecule has 4 aliphatic rings. The number of nitrogens with zero attached hydrogens (tertiary/aromatic N) is 2. The van der Waals surface area contributed by atoms with Gasteiger partial charge in [-0.3, -0.25) is 10.0 Å². The molecule has 0 radical (unpaired) electrons. The third kappa shape index (κ3) is 4.74. The zero-order valence-corrected chi connectivity index (χ0v) is 17.8. The summed E-state index contributed by atoms with van der Waals surface area (Å²) in [6.45, 7) is 4.11. The number of imide groups is 2. The maximum atomic E-state index is 12.9. The van der Waals surface area contributed by atoms with E-state index in [1.807, 2.05) is 13.8 Å². The molecule has 0 aromatic heterocycles. The average molecular weight is 410 g/mol. The molecule has 0 saturated heterocycles. The van der Waals surface area contributed by atoms with Crippen molar-refractivity contribution in [3.63, 3.8) is 0 Å². The summed E-state index contributed by atoms with van der Waals surface area (Å²) in [5.74, 6) is 1.13. The second-order valence-corrected chi connectivity index (χ2v) is 9.98. The number of urea groups is 2. The normalized spacial score (nSPS) is 30.9. The SMILES string of the molecule is CNC(=O)N(CC12CC3CC(CC(C3)C1)C2)C(=O)N(O)C(=O)[C@@H](O)CCC(C)C. The monoisotopic (exact) mass is 409 g/mol. The minimum Gasteiger partial charge on any atom is -0.383 e. The first-order valence-electron chi connectivity index (χ1n) is 10.9. The molecule has 8 nitrogen and oxygen atoms in total. The van der Waals surface area contributed by atoms with E-state index in [2.05, 4.69) is 5.32 Å². The molecule has 29 heavy (non-hydrogen) atoms. The highest BCUT2D eigenvalue weighted by Gasteiger charge is 2.52. The maximum absolute atomic E-state index is 12.9. The molecule has 4 rings (SSSR count). The number of aliphatic hydroxyl groups excluding tert-OH is 1. The van der Waals surface area contributed by atoms with Crippen LogP contribution in [0.25, 0.3) is 0 Å². The van der Waals surface area contributed by atoms with Crippen molar-refractivity contribution in [1.29, 1.82) is 0 Å². The molecule has 8 heteroatoms.